The maximum Gasteiger partial charge on any atom is 0.251 e. The average Bonchev–Trinajstić information content (AvgIpc) is 2.46. The topological polar surface area (TPSA) is 42.3 Å². The van der Waals surface area contributed by atoms with Crippen molar-refractivity contribution in [3.05, 3.63) is 34.6 Å². The second kappa shape index (κ2) is 4.98. The summed E-state index contributed by atoms with van der Waals surface area (Å²) in [6.45, 7) is 5.27. The number of benzene rings is 1. The average molecular weight is 288 g/mol. The number of aryl methyl sites for hydroxylation is 1. The highest BCUT2D eigenvalue weighted by atomic mass is 32.2. The molecule has 0 spiro atoms. The third-order valence-corrected chi connectivity index (χ3v) is 4.77. The molecule has 1 aromatic heterocycles. The van der Waals surface area contributed by atoms with E-state index in [-0.39, 0.29) is 11.5 Å². The SMILES string of the molecule is CCN1C(=O)CSc2c1ccc1c2ccc(=O)n1CC. The largest absolute Gasteiger partial charge is 0.311 e. The Morgan fingerprint density at radius 2 is 1.90 bits per heavy atom. The number of anilines is 1. The van der Waals surface area contributed by atoms with Crippen molar-refractivity contribution < 1.29 is 4.79 Å². The van der Waals surface area contributed by atoms with Crippen LogP contribution in [0.5, 0.6) is 0 Å². The molecule has 0 bridgehead atoms. The van der Waals surface area contributed by atoms with E-state index >= 15 is 0 Å². The van der Waals surface area contributed by atoms with E-state index in [9.17, 15) is 9.59 Å². The predicted octanol–water partition coefficient (Wildman–Crippen LogP) is 2.48. The predicted molar refractivity (Wildman–Crippen MR) is 82.6 cm³/mol. The van der Waals surface area contributed by atoms with Crippen molar-refractivity contribution >= 4 is 34.3 Å². The summed E-state index contributed by atoms with van der Waals surface area (Å²) in [6.07, 6.45) is 0. The zero-order chi connectivity index (χ0) is 14.3. The Morgan fingerprint density at radius 3 is 2.60 bits per heavy atom. The van der Waals surface area contributed by atoms with Gasteiger partial charge in [-0.05, 0) is 32.0 Å². The van der Waals surface area contributed by atoms with Crippen LogP contribution in [0.3, 0.4) is 0 Å². The van der Waals surface area contributed by atoms with E-state index < -0.39 is 0 Å². The van der Waals surface area contributed by atoms with Crippen LogP contribution in [0.15, 0.2) is 34.0 Å². The van der Waals surface area contributed by atoms with Crippen LogP contribution in [-0.2, 0) is 11.3 Å². The molecule has 3 rings (SSSR count). The lowest BCUT2D eigenvalue weighted by Crippen LogP contribution is -2.35. The Bertz CT molecular complexity index is 751. The number of nitrogens with zero attached hydrogens (tertiary/aromatic N) is 2. The Hall–Kier alpha value is -1.75. The molecule has 1 aliphatic rings. The van der Waals surface area contributed by atoms with Crippen LogP contribution >= 0.6 is 11.8 Å². The quantitative estimate of drug-likeness (QED) is 0.852. The molecule has 0 saturated carbocycles. The third-order valence-electron chi connectivity index (χ3n) is 3.67. The molecule has 1 aliphatic heterocycles. The van der Waals surface area contributed by atoms with Gasteiger partial charge in [0.15, 0.2) is 0 Å². The number of amides is 1. The fourth-order valence-electron chi connectivity index (χ4n) is 2.72. The number of carbonyl (C=O) groups excluding carboxylic acids is 1. The molecule has 20 heavy (non-hydrogen) atoms. The number of hydrogen-bond acceptors (Lipinski definition) is 3. The fraction of sp³-hybridized carbons (Fsp3) is 0.333. The molecule has 104 valence electrons. The molecule has 0 saturated heterocycles. The fourth-order valence-corrected chi connectivity index (χ4v) is 3.80. The third kappa shape index (κ3) is 1.85. The molecule has 0 fully saturated rings. The maximum atomic E-state index is 12.0. The minimum absolute atomic E-state index is 0.0178. The number of thioether (sulfide) groups is 1. The number of hydrogen-bond donors (Lipinski definition) is 0. The zero-order valence-electron chi connectivity index (χ0n) is 11.5. The normalized spacial score (nSPS) is 14.7. The standard InChI is InChI=1S/C15H16N2O2S/c1-3-16-11-6-7-12-15(10(11)5-8-13(16)18)20-9-14(19)17(12)4-2/h5-8H,3-4,9H2,1-2H3. The minimum atomic E-state index is 0.0178. The molecular formula is C15H16N2O2S. The second-order valence-electron chi connectivity index (χ2n) is 4.69. The van der Waals surface area contributed by atoms with Gasteiger partial charge < -0.3 is 9.47 Å². The van der Waals surface area contributed by atoms with E-state index in [1.54, 1.807) is 22.4 Å². The number of carbonyl (C=O) groups is 1. The first-order valence-electron chi connectivity index (χ1n) is 6.77. The van der Waals surface area contributed by atoms with E-state index in [1.165, 1.54) is 0 Å². The number of rotatable bonds is 2. The minimum Gasteiger partial charge on any atom is -0.311 e. The molecular weight excluding hydrogens is 272 g/mol. The summed E-state index contributed by atoms with van der Waals surface area (Å²) in [5.41, 5.74) is 1.92. The summed E-state index contributed by atoms with van der Waals surface area (Å²) in [7, 11) is 0. The van der Waals surface area contributed by atoms with Gasteiger partial charge in [-0.2, -0.15) is 0 Å². The molecule has 2 heterocycles. The van der Waals surface area contributed by atoms with Gasteiger partial charge in [-0.25, -0.2) is 0 Å². The van der Waals surface area contributed by atoms with Crippen molar-refractivity contribution in [1.82, 2.24) is 4.57 Å². The van der Waals surface area contributed by atoms with Crippen LogP contribution < -0.4 is 10.5 Å². The highest BCUT2D eigenvalue weighted by Crippen LogP contribution is 2.40. The highest BCUT2D eigenvalue weighted by molar-refractivity contribution is 8.00. The summed E-state index contributed by atoms with van der Waals surface area (Å²) in [5, 5.41) is 1.06. The molecule has 0 atom stereocenters. The Morgan fingerprint density at radius 1 is 1.10 bits per heavy atom. The lowest BCUT2D eigenvalue weighted by atomic mass is 10.1. The first kappa shape index (κ1) is 13.2. The van der Waals surface area contributed by atoms with E-state index in [0.717, 1.165) is 21.5 Å². The van der Waals surface area contributed by atoms with Crippen molar-refractivity contribution in [1.29, 1.82) is 0 Å². The van der Waals surface area contributed by atoms with Crippen LogP contribution in [0.1, 0.15) is 13.8 Å². The molecule has 0 unspecified atom stereocenters. The van der Waals surface area contributed by atoms with Gasteiger partial charge in [-0.15, -0.1) is 11.8 Å². The number of aromatic nitrogens is 1. The van der Waals surface area contributed by atoms with Crippen molar-refractivity contribution in [2.24, 2.45) is 0 Å². The molecule has 1 amide bonds. The van der Waals surface area contributed by atoms with Crippen LogP contribution in [0.4, 0.5) is 5.69 Å². The molecule has 1 aromatic carbocycles. The van der Waals surface area contributed by atoms with Crippen molar-refractivity contribution in [3.8, 4) is 0 Å². The Kier molecular flexibility index (Phi) is 3.30. The lowest BCUT2D eigenvalue weighted by molar-refractivity contribution is -0.116. The Labute approximate surface area is 121 Å². The first-order chi connectivity index (χ1) is 9.67. The summed E-state index contributed by atoms with van der Waals surface area (Å²) in [6, 6.07) is 7.39. The van der Waals surface area contributed by atoms with Crippen molar-refractivity contribution in [2.45, 2.75) is 25.3 Å². The van der Waals surface area contributed by atoms with Crippen LogP contribution in [0.2, 0.25) is 0 Å². The summed E-state index contributed by atoms with van der Waals surface area (Å²) in [4.78, 5) is 26.8. The van der Waals surface area contributed by atoms with Crippen LogP contribution in [0, 0.1) is 0 Å². The van der Waals surface area contributed by atoms with Gasteiger partial charge in [0.05, 0.1) is 17.0 Å². The van der Waals surface area contributed by atoms with Gasteiger partial charge in [-0.1, -0.05) is 0 Å². The van der Waals surface area contributed by atoms with Crippen molar-refractivity contribution in [2.75, 3.05) is 17.2 Å². The molecule has 5 heteroatoms. The Balaban J connectivity index is 2.32. The molecule has 0 radical (unpaired) electrons. The van der Waals surface area contributed by atoms with Gasteiger partial charge in [0, 0.05) is 29.4 Å². The van der Waals surface area contributed by atoms with Gasteiger partial charge in [0.1, 0.15) is 0 Å². The van der Waals surface area contributed by atoms with E-state index in [4.69, 9.17) is 0 Å². The monoisotopic (exact) mass is 288 g/mol. The van der Waals surface area contributed by atoms with E-state index in [0.29, 0.717) is 18.8 Å². The van der Waals surface area contributed by atoms with Gasteiger partial charge in [0.25, 0.3) is 5.56 Å². The molecule has 4 nitrogen and oxygen atoms in total. The van der Waals surface area contributed by atoms with Gasteiger partial charge in [0.2, 0.25) is 5.91 Å². The van der Waals surface area contributed by atoms with Crippen LogP contribution in [0.25, 0.3) is 10.9 Å². The summed E-state index contributed by atoms with van der Waals surface area (Å²) in [5.74, 6) is 0.610. The summed E-state index contributed by atoms with van der Waals surface area (Å²) >= 11 is 1.56. The van der Waals surface area contributed by atoms with Crippen molar-refractivity contribution in [3.63, 3.8) is 0 Å². The molecule has 2 aromatic rings. The second-order valence-corrected chi connectivity index (χ2v) is 5.67. The smallest absolute Gasteiger partial charge is 0.251 e. The van der Waals surface area contributed by atoms with E-state index in [2.05, 4.69) is 0 Å². The first-order valence-corrected chi connectivity index (χ1v) is 7.75. The van der Waals surface area contributed by atoms with E-state index in [1.807, 2.05) is 36.9 Å². The highest BCUT2D eigenvalue weighted by Gasteiger charge is 2.25. The molecule has 0 aliphatic carbocycles. The molecule has 0 N–H and O–H groups in total. The van der Waals surface area contributed by atoms with Crippen LogP contribution in [-0.4, -0.2) is 22.8 Å². The van der Waals surface area contributed by atoms with Gasteiger partial charge >= 0.3 is 0 Å². The number of pyridine rings is 1. The lowest BCUT2D eigenvalue weighted by Gasteiger charge is -2.29. The number of fused-ring (bicyclic) bond motifs is 3. The zero-order valence-corrected chi connectivity index (χ0v) is 12.4. The maximum absolute atomic E-state index is 12.0. The van der Waals surface area contributed by atoms with Gasteiger partial charge in [-0.3, -0.25) is 9.59 Å². The summed E-state index contributed by atoms with van der Waals surface area (Å²) < 4.78 is 1.77.